The summed E-state index contributed by atoms with van der Waals surface area (Å²) in [5, 5.41) is 9.70. The summed E-state index contributed by atoms with van der Waals surface area (Å²) < 4.78 is 57.5. The number of hydrogen-bond acceptors (Lipinski definition) is 8. The summed E-state index contributed by atoms with van der Waals surface area (Å²) in [4.78, 5) is 32.7. The Kier molecular flexibility index (Phi) is 6.69. The van der Waals surface area contributed by atoms with Gasteiger partial charge in [-0.05, 0) is 42.5 Å². The fourth-order valence-electron chi connectivity index (χ4n) is 3.91. The number of carbonyl (C=O) groups is 1. The third-order valence-corrected chi connectivity index (χ3v) is 7.48. The largest absolute Gasteiger partial charge is 0.322 e. The molecule has 40 heavy (non-hydrogen) atoms. The van der Waals surface area contributed by atoms with Gasteiger partial charge < -0.3 is 10.6 Å². The molecule has 0 spiro atoms. The average Bonchev–Trinajstić information content (AvgIpc) is 3.32. The van der Waals surface area contributed by atoms with Crippen LogP contribution in [0.15, 0.2) is 94.4 Å². The molecule has 3 heterocycles. The molecule has 202 valence electrons. The van der Waals surface area contributed by atoms with Gasteiger partial charge in [-0.15, -0.1) is 0 Å². The molecule has 14 heteroatoms. The van der Waals surface area contributed by atoms with Gasteiger partial charge in [0.1, 0.15) is 21.4 Å². The molecule has 11 nitrogen and oxygen atoms in total. The van der Waals surface area contributed by atoms with Gasteiger partial charge in [0.25, 0.3) is 5.56 Å². The zero-order valence-electron chi connectivity index (χ0n) is 20.7. The molecule has 5 aromatic rings. The summed E-state index contributed by atoms with van der Waals surface area (Å²) >= 11 is 0. The highest BCUT2D eigenvalue weighted by Crippen LogP contribution is 2.27. The lowest BCUT2D eigenvalue weighted by Gasteiger charge is -2.15. The van der Waals surface area contributed by atoms with Gasteiger partial charge in [0.05, 0.1) is 17.6 Å². The van der Waals surface area contributed by atoms with E-state index in [9.17, 15) is 26.8 Å². The van der Waals surface area contributed by atoms with Crippen LogP contribution in [0.4, 0.5) is 26.1 Å². The fraction of sp³-hybridized carbons (Fsp3) is 0.0385. The van der Waals surface area contributed by atoms with E-state index in [1.807, 2.05) is 0 Å². The summed E-state index contributed by atoms with van der Waals surface area (Å²) in [5.74, 6) is -2.77. The predicted octanol–water partition coefficient (Wildman–Crippen LogP) is 3.49. The Hall–Kier alpha value is -5.24. The van der Waals surface area contributed by atoms with Gasteiger partial charge in [0.2, 0.25) is 21.7 Å². The number of aromatic nitrogens is 5. The summed E-state index contributed by atoms with van der Waals surface area (Å²) in [7, 11) is -3.05. The number of carbonyl (C=O) groups excluding carboxylic acids is 1. The third kappa shape index (κ3) is 4.94. The van der Waals surface area contributed by atoms with Crippen LogP contribution in [0.25, 0.3) is 16.7 Å². The molecule has 0 bridgehead atoms. The van der Waals surface area contributed by atoms with Gasteiger partial charge in [-0.1, -0.05) is 12.6 Å². The Morgan fingerprint density at radius 2 is 1.85 bits per heavy atom. The van der Waals surface area contributed by atoms with Crippen molar-refractivity contribution in [2.75, 3.05) is 10.6 Å². The van der Waals surface area contributed by atoms with E-state index in [-0.39, 0.29) is 28.4 Å². The second kappa shape index (κ2) is 10.1. The van der Waals surface area contributed by atoms with E-state index in [2.05, 4.69) is 32.3 Å². The smallest absolute Gasteiger partial charge is 0.275 e. The molecule has 0 fully saturated rings. The van der Waals surface area contributed by atoms with Crippen molar-refractivity contribution in [2.24, 2.45) is 7.05 Å². The van der Waals surface area contributed by atoms with Crippen molar-refractivity contribution in [3.8, 4) is 5.69 Å². The molecule has 2 aromatic carbocycles. The van der Waals surface area contributed by atoms with Gasteiger partial charge in [-0.25, -0.2) is 22.2 Å². The van der Waals surface area contributed by atoms with Crippen molar-refractivity contribution in [3.63, 3.8) is 0 Å². The Morgan fingerprint density at radius 1 is 1.05 bits per heavy atom. The number of pyridine rings is 1. The molecular weight excluding hydrogens is 544 g/mol. The van der Waals surface area contributed by atoms with Crippen LogP contribution < -0.4 is 16.2 Å². The van der Waals surface area contributed by atoms with E-state index >= 15 is 0 Å². The van der Waals surface area contributed by atoms with Crippen LogP contribution in [0.2, 0.25) is 0 Å². The van der Waals surface area contributed by atoms with E-state index in [1.165, 1.54) is 30.6 Å². The van der Waals surface area contributed by atoms with Crippen molar-refractivity contribution < 1.29 is 22.0 Å². The first-order valence-corrected chi connectivity index (χ1v) is 13.0. The lowest BCUT2D eigenvalue weighted by molar-refractivity contribution is -0.111. The van der Waals surface area contributed by atoms with Crippen molar-refractivity contribution in [3.05, 3.63) is 102 Å². The van der Waals surface area contributed by atoms with E-state index in [0.717, 1.165) is 28.8 Å². The van der Waals surface area contributed by atoms with Crippen molar-refractivity contribution >= 4 is 44.1 Å². The van der Waals surface area contributed by atoms with E-state index < -0.39 is 42.7 Å². The Balaban J connectivity index is 1.76. The molecule has 0 aliphatic heterocycles. The Bertz CT molecular complexity index is 1990. The maximum Gasteiger partial charge on any atom is 0.275 e. The van der Waals surface area contributed by atoms with E-state index in [4.69, 9.17) is 0 Å². The van der Waals surface area contributed by atoms with E-state index in [0.29, 0.717) is 11.8 Å². The minimum absolute atomic E-state index is 0.0112. The number of rotatable bonds is 7. The average molecular weight is 564 g/mol. The second-order valence-corrected chi connectivity index (χ2v) is 10.4. The van der Waals surface area contributed by atoms with Gasteiger partial charge in [0.15, 0.2) is 5.65 Å². The number of nitrogens with one attached hydrogen (secondary N) is 2. The molecule has 0 aliphatic carbocycles. The maximum absolute atomic E-state index is 14.6. The number of aryl methyl sites for hydroxylation is 1. The first-order valence-electron chi connectivity index (χ1n) is 11.5. The zero-order chi connectivity index (χ0) is 28.6. The lowest BCUT2D eigenvalue weighted by Crippen LogP contribution is -2.26. The first-order chi connectivity index (χ1) is 19.1. The predicted molar refractivity (Wildman–Crippen MR) is 142 cm³/mol. The minimum Gasteiger partial charge on any atom is -0.322 e. The van der Waals surface area contributed by atoms with Crippen LogP contribution >= 0.6 is 0 Å². The monoisotopic (exact) mass is 563 g/mol. The van der Waals surface area contributed by atoms with Crippen LogP contribution in [0.5, 0.6) is 0 Å². The Morgan fingerprint density at radius 3 is 2.55 bits per heavy atom. The molecule has 0 saturated heterocycles. The van der Waals surface area contributed by atoms with Crippen LogP contribution in [-0.4, -0.2) is 38.6 Å². The standard InChI is InChI=1S/C26H19F2N7O4S/c1-3-23(36)31-17-5-4-6-19(11-17)35-24-15(12-29-26(33-24)32-18-13-30-34(2)14-18)9-22(25(35)37)40(38,39)21-8-7-16(27)10-20(21)28/h3-14H,1H2,2H3,(H,31,36)(H,29,32,33). The molecule has 0 radical (unpaired) electrons. The molecule has 2 N–H and O–H groups in total. The van der Waals surface area contributed by atoms with Crippen LogP contribution in [0.3, 0.4) is 0 Å². The number of halogens is 2. The number of hydrogen-bond donors (Lipinski definition) is 2. The van der Waals surface area contributed by atoms with Crippen LogP contribution in [0, 0.1) is 11.6 Å². The van der Waals surface area contributed by atoms with Gasteiger partial charge in [0, 0.05) is 36.6 Å². The van der Waals surface area contributed by atoms with Crippen molar-refractivity contribution in [1.29, 1.82) is 0 Å². The number of fused-ring (bicyclic) bond motifs is 1. The normalized spacial score (nSPS) is 11.4. The quantitative estimate of drug-likeness (QED) is 0.227. The van der Waals surface area contributed by atoms with Crippen LogP contribution in [0.1, 0.15) is 0 Å². The zero-order valence-corrected chi connectivity index (χ0v) is 21.5. The van der Waals surface area contributed by atoms with Gasteiger partial charge >= 0.3 is 0 Å². The lowest BCUT2D eigenvalue weighted by atomic mass is 10.2. The second-order valence-electron chi connectivity index (χ2n) is 8.47. The van der Waals surface area contributed by atoms with E-state index in [1.54, 1.807) is 24.0 Å². The molecule has 5 rings (SSSR count). The molecule has 0 saturated carbocycles. The first kappa shape index (κ1) is 26.4. The van der Waals surface area contributed by atoms with Crippen LogP contribution in [-0.2, 0) is 21.7 Å². The molecule has 3 aromatic heterocycles. The Labute approximate surface area is 225 Å². The van der Waals surface area contributed by atoms with Crippen molar-refractivity contribution in [2.45, 2.75) is 9.79 Å². The summed E-state index contributed by atoms with van der Waals surface area (Å²) in [6.45, 7) is 3.40. The number of amides is 1. The SMILES string of the molecule is C=CC(=O)Nc1cccc(-n2c(=O)c(S(=O)(=O)c3ccc(F)cc3F)cc3cnc(Nc4cnn(C)c4)nc32)c1. The fourth-order valence-corrected chi connectivity index (χ4v) is 5.31. The number of nitrogens with zero attached hydrogens (tertiary/aromatic N) is 5. The highest BCUT2D eigenvalue weighted by atomic mass is 32.2. The number of anilines is 3. The van der Waals surface area contributed by atoms with Crippen molar-refractivity contribution in [1.82, 2.24) is 24.3 Å². The molecule has 0 aliphatic rings. The molecule has 0 atom stereocenters. The summed E-state index contributed by atoms with van der Waals surface area (Å²) in [6.07, 6.45) is 5.54. The summed E-state index contributed by atoms with van der Waals surface area (Å²) in [5.41, 5.74) is -0.0787. The number of sulfone groups is 1. The molecular formula is C26H19F2N7O4S. The topological polar surface area (TPSA) is 141 Å². The van der Waals surface area contributed by atoms with Gasteiger partial charge in [-0.2, -0.15) is 10.1 Å². The molecule has 1 amide bonds. The maximum atomic E-state index is 14.6. The molecule has 0 unspecified atom stereocenters. The van der Waals surface area contributed by atoms with Gasteiger partial charge in [-0.3, -0.25) is 18.8 Å². The highest BCUT2D eigenvalue weighted by molar-refractivity contribution is 7.91. The highest BCUT2D eigenvalue weighted by Gasteiger charge is 2.28. The minimum atomic E-state index is -4.77. The number of benzene rings is 2. The summed E-state index contributed by atoms with van der Waals surface area (Å²) in [6, 6.07) is 8.97. The third-order valence-electron chi connectivity index (χ3n) is 5.70.